The molecule has 1 aromatic rings. The van der Waals surface area contributed by atoms with E-state index < -0.39 is 0 Å². The lowest BCUT2D eigenvalue weighted by Gasteiger charge is -2.33. The van der Waals surface area contributed by atoms with Crippen LogP contribution < -0.4 is 5.32 Å². The third-order valence-corrected chi connectivity index (χ3v) is 6.18. The van der Waals surface area contributed by atoms with Crippen LogP contribution in [0.5, 0.6) is 0 Å². The summed E-state index contributed by atoms with van der Waals surface area (Å²) in [6.07, 6.45) is 5.70. The lowest BCUT2D eigenvalue weighted by molar-refractivity contribution is -0.116. The molecule has 1 N–H and O–H groups in total. The fourth-order valence-electron chi connectivity index (χ4n) is 3.90. The van der Waals surface area contributed by atoms with E-state index in [1.165, 1.54) is 16.7 Å². The maximum Gasteiger partial charge on any atom is 0.161 e. The summed E-state index contributed by atoms with van der Waals surface area (Å²) in [5.41, 5.74) is 4.93. The van der Waals surface area contributed by atoms with E-state index in [9.17, 15) is 9.18 Å². The number of dihydropyridines is 1. The van der Waals surface area contributed by atoms with Crippen LogP contribution >= 0.6 is 11.8 Å². The monoisotopic (exact) mass is 341 g/mol. The van der Waals surface area contributed by atoms with Crippen molar-refractivity contribution in [2.45, 2.75) is 38.0 Å². The van der Waals surface area contributed by atoms with Gasteiger partial charge in [0.2, 0.25) is 0 Å². The van der Waals surface area contributed by atoms with Gasteiger partial charge in [-0.2, -0.15) is 0 Å². The summed E-state index contributed by atoms with van der Waals surface area (Å²) in [6, 6.07) is 5.29. The van der Waals surface area contributed by atoms with E-state index >= 15 is 0 Å². The topological polar surface area (TPSA) is 29.1 Å². The smallest absolute Gasteiger partial charge is 0.161 e. The number of rotatable bonds is 3. The molecule has 1 atom stereocenters. The summed E-state index contributed by atoms with van der Waals surface area (Å²) in [7, 11) is 0. The molecule has 1 unspecified atom stereocenters. The van der Waals surface area contributed by atoms with Crippen LogP contribution in [-0.2, 0) is 11.2 Å². The second-order valence-corrected chi connectivity index (χ2v) is 7.65. The number of carbonyl (C=O) groups excluding carboxylic acids is 1. The number of hydrogen-bond acceptors (Lipinski definition) is 3. The Labute approximate surface area is 145 Å². The molecular weight excluding hydrogens is 321 g/mol. The zero-order valence-corrected chi connectivity index (χ0v) is 14.3. The third kappa shape index (κ3) is 2.53. The van der Waals surface area contributed by atoms with Crippen molar-refractivity contribution in [3.8, 4) is 0 Å². The Morgan fingerprint density at radius 1 is 1.29 bits per heavy atom. The first kappa shape index (κ1) is 15.7. The average molecular weight is 341 g/mol. The third-order valence-electron chi connectivity index (χ3n) is 4.98. The van der Waals surface area contributed by atoms with Crippen molar-refractivity contribution in [1.29, 1.82) is 0 Å². The first-order valence-corrected chi connectivity index (χ1v) is 9.46. The number of benzene rings is 1. The van der Waals surface area contributed by atoms with Crippen molar-refractivity contribution in [2.75, 3.05) is 5.75 Å². The number of allylic oxidation sites excluding steroid dienone is 5. The Balaban J connectivity index is 1.85. The molecule has 2 heterocycles. The van der Waals surface area contributed by atoms with Crippen molar-refractivity contribution in [1.82, 2.24) is 5.32 Å². The number of ketones is 1. The number of thioether (sulfide) groups is 1. The molecule has 3 aliphatic rings. The highest BCUT2D eigenvalue weighted by atomic mass is 32.2. The molecule has 0 saturated carbocycles. The molecule has 0 aromatic heterocycles. The van der Waals surface area contributed by atoms with Gasteiger partial charge in [-0.25, -0.2) is 4.39 Å². The molecule has 124 valence electrons. The number of carbonyl (C=O) groups is 1. The second-order valence-electron chi connectivity index (χ2n) is 6.51. The minimum atomic E-state index is -0.204. The van der Waals surface area contributed by atoms with Gasteiger partial charge in [-0.05, 0) is 42.9 Å². The van der Waals surface area contributed by atoms with Gasteiger partial charge in [0, 0.05) is 40.0 Å². The molecule has 4 heteroatoms. The Kier molecular flexibility index (Phi) is 4.09. The summed E-state index contributed by atoms with van der Waals surface area (Å²) >= 11 is 1.83. The van der Waals surface area contributed by atoms with Crippen LogP contribution in [0.3, 0.4) is 0 Å². The van der Waals surface area contributed by atoms with E-state index in [4.69, 9.17) is 0 Å². The quantitative estimate of drug-likeness (QED) is 0.815. The first-order chi connectivity index (χ1) is 11.7. The summed E-state index contributed by atoms with van der Waals surface area (Å²) in [5, 5.41) is 3.53. The van der Waals surface area contributed by atoms with Crippen molar-refractivity contribution in [2.24, 2.45) is 0 Å². The van der Waals surface area contributed by atoms with Gasteiger partial charge >= 0.3 is 0 Å². The maximum absolute atomic E-state index is 14.0. The van der Waals surface area contributed by atoms with E-state index in [1.54, 1.807) is 6.08 Å². The highest BCUT2D eigenvalue weighted by Gasteiger charge is 2.38. The molecule has 1 aromatic carbocycles. The minimum Gasteiger partial charge on any atom is -0.361 e. The SMILES string of the molecule is C=CCc1cc(C2C3=C(CCS3)NC3=C2C(=O)CCC3)ccc1F. The Morgan fingerprint density at radius 2 is 2.17 bits per heavy atom. The summed E-state index contributed by atoms with van der Waals surface area (Å²) < 4.78 is 14.0. The van der Waals surface area contributed by atoms with Crippen molar-refractivity contribution >= 4 is 17.5 Å². The highest BCUT2D eigenvalue weighted by Crippen LogP contribution is 2.50. The molecule has 2 nitrogen and oxygen atoms in total. The van der Waals surface area contributed by atoms with Crippen LogP contribution in [0.4, 0.5) is 4.39 Å². The number of halogens is 1. The highest BCUT2D eigenvalue weighted by molar-refractivity contribution is 8.03. The average Bonchev–Trinajstić information content (AvgIpc) is 3.03. The largest absolute Gasteiger partial charge is 0.361 e. The fraction of sp³-hybridized carbons (Fsp3) is 0.350. The molecule has 1 aliphatic carbocycles. The normalized spacial score (nSPS) is 23.0. The van der Waals surface area contributed by atoms with Gasteiger partial charge in [-0.1, -0.05) is 18.2 Å². The predicted octanol–water partition coefficient (Wildman–Crippen LogP) is 4.60. The van der Waals surface area contributed by atoms with Crippen LogP contribution in [0.15, 0.2) is 52.7 Å². The minimum absolute atomic E-state index is 0.0271. The van der Waals surface area contributed by atoms with Gasteiger partial charge < -0.3 is 5.32 Å². The van der Waals surface area contributed by atoms with E-state index in [0.29, 0.717) is 18.4 Å². The molecule has 24 heavy (non-hydrogen) atoms. The van der Waals surface area contributed by atoms with Gasteiger partial charge in [0.25, 0.3) is 0 Å². The molecule has 0 spiro atoms. The van der Waals surface area contributed by atoms with Crippen LogP contribution in [0.25, 0.3) is 0 Å². The molecule has 0 saturated heterocycles. The number of hydrogen-bond donors (Lipinski definition) is 1. The lowest BCUT2D eigenvalue weighted by atomic mass is 9.79. The lowest BCUT2D eigenvalue weighted by Crippen LogP contribution is -2.30. The first-order valence-electron chi connectivity index (χ1n) is 8.47. The standard InChI is InChI=1S/C20H20FNOS/c1-2-4-12-11-13(7-8-14(12)21)18-19-15(5-3-6-17(19)23)22-16-9-10-24-20(16)18/h2,7-8,11,18,22H,1,3-6,9-10H2. The Morgan fingerprint density at radius 3 is 3.00 bits per heavy atom. The van der Waals surface area contributed by atoms with Crippen LogP contribution in [-0.4, -0.2) is 11.5 Å². The molecule has 4 rings (SSSR count). The van der Waals surface area contributed by atoms with Crippen LogP contribution in [0.2, 0.25) is 0 Å². The zero-order valence-electron chi connectivity index (χ0n) is 13.5. The van der Waals surface area contributed by atoms with E-state index in [2.05, 4.69) is 11.9 Å². The summed E-state index contributed by atoms with van der Waals surface area (Å²) in [4.78, 5) is 13.9. The van der Waals surface area contributed by atoms with E-state index in [1.807, 2.05) is 23.9 Å². The number of nitrogens with one attached hydrogen (secondary N) is 1. The molecule has 0 fully saturated rings. The van der Waals surface area contributed by atoms with Gasteiger partial charge in [-0.15, -0.1) is 18.3 Å². The van der Waals surface area contributed by atoms with Crippen molar-refractivity contribution < 1.29 is 9.18 Å². The molecular formula is C20H20FNOS. The molecule has 0 bridgehead atoms. The molecule has 2 aliphatic heterocycles. The van der Waals surface area contributed by atoms with Crippen LogP contribution in [0.1, 0.15) is 42.7 Å². The fourth-order valence-corrected chi connectivity index (χ4v) is 5.17. The van der Waals surface area contributed by atoms with Crippen molar-refractivity contribution in [3.05, 3.63) is 69.7 Å². The van der Waals surface area contributed by atoms with Gasteiger partial charge in [0.15, 0.2) is 5.78 Å². The zero-order chi connectivity index (χ0) is 16.7. The second kappa shape index (κ2) is 6.25. The number of Topliss-reactive ketones (excluding diaryl/α,β-unsaturated/α-hetero) is 1. The predicted molar refractivity (Wildman–Crippen MR) is 96.2 cm³/mol. The van der Waals surface area contributed by atoms with E-state index in [-0.39, 0.29) is 17.5 Å². The van der Waals surface area contributed by atoms with Gasteiger partial charge in [0.1, 0.15) is 5.82 Å². The van der Waals surface area contributed by atoms with Crippen molar-refractivity contribution in [3.63, 3.8) is 0 Å². The van der Waals surface area contributed by atoms with E-state index in [0.717, 1.165) is 41.8 Å². The summed E-state index contributed by atoms with van der Waals surface area (Å²) in [6.45, 7) is 3.72. The Bertz CT molecular complexity index is 793. The Hall–Kier alpha value is -1.81. The maximum atomic E-state index is 14.0. The van der Waals surface area contributed by atoms with Gasteiger partial charge in [0.05, 0.1) is 0 Å². The molecule has 0 amide bonds. The summed E-state index contributed by atoms with van der Waals surface area (Å²) in [5.74, 6) is 1.05. The van der Waals surface area contributed by atoms with Crippen LogP contribution in [0, 0.1) is 5.82 Å². The van der Waals surface area contributed by atoms with Gasteiger partial charge in [-0.3, -0.25) is 4.79 Å². The molecule has 0 radical (unpaired) electrons.